The van der Waals surface area contributed by atoms with Crippen LogP contribution in [0.2, 0.25) is 0 Å². The molecule has 0 aromatic carbocycles. The van der Waals surface area contributed by atoms with E-state index in [0.29, 0.717) is 6.61 Å². The zero-order chi connectivity index (χ0) is 12.3. The Bertz CT molecular complexity index is 391. The third kappa shape index (κ3) is 2.76. The number of nitrogens with one attached hydrogen (secondary N) is 1. The molecule has 1 aromatic heterocycles. The molecule has 1 N–H and O–H groups in total. The highest BCUT2D eigenvalue weighted by molar-refractivity contribution is 5.86. The second-order valence-electron chi connectivity index (χ2n) is 4.20. The molecule has 17 heavy (non-hydrogen) atoms. The van der Waals surface area contributed by atoms with E-state index in [4.69, 9.17) is 4.74 Å². The smallest absolute Gasteiger partial charge is 0.244 e. The molecule has 1 saturated heterocycles. The molecule has 2 heterocycles. The summed E-state index contributed by atoms with van der Waals surface area (Å²) < 4.78 is 6.78. The van der Waals surface area contributed by atoms with Crippen molar-refractivity contribution in [1.82, 2.24) is 14.7 Å². The van der Waals surface area contributed by atoms with Crippen molar-refractivity contribution in [3.8, 4) is 0 Å². The van der Waals surface area contributed by atoms with Crippen LogP contribution in [0.3, 0.4) is 0 Å². The van der Waals surface area contributed by atoms with E-state index < -0.39 is 0 Å². The van der Waals surface area contributed by atoms with E-state index in [2.05, 4.69) is 10.4 Å². The van der Waals surface area contributed by atoms with Crippen molar-refractivity contribution in [2.75, 3.05) is 32.6 Å². The van der Waals surface area contributed by atoms with Gasteiger partial charge in [0.05, 0.1) is 13.2 Å². The van der Waals surface area contributed by atoms with Gasteiger partial charge >= 0.3 is 0 Å². The van der Waals surface area contributed by atoms with E-state index in [0.717, 1.165) is 25.3 Å². The lowest BCUT2D eigenvalue weighted by Crippen LogP contribution is -2.31. The molecule has 0 bridgehead atoms. The Labute approximate surface area is 101 Å². The van der Waals surface area contributed by atoms with Gasteiger partial charge in [0, 0.05) is 33.0 Å². The van der Waals surface area contributed by atoms with Crippen LogP contribution >= 0.6 is 0 Å². The predicted octanol–water partition coefficient (Wildman–Crippen LogP) is 0.172. The third-order valence-corrected chi connectivity index (χ3v) is 2.91. The van der Waals surface area contributed by atoms with Crippen LogP contribution in [0.25, 0.3) is 0 Å². The monoisotopic (exact) mass is 238 g/mol. The first-order chi connectivity index (χ1) is 8.20. The minimum absolute atomic E-state index is 0.134. The number of ether oxygens (including phenoxy) is 1. The Morgan fingerprint density at radius 1 is 1.65 bits per heavy atom. The number of hydrogen-bond acceptors (Lipinski definition) is 4. The number of amides is 1. The molecule has 0 saturated carbocycles. The number of rotatable bonds is 5. The normalized spacial score (nSPS) is 20.0. The van der Waals surface area contributed by atoms with Gasteiger partial charge in [-0.05, 0) is 6.42 Å². The van der Waals surface area contributed by atoms with E-state index >= 15 is 0 Å². The minimum Gasteiger partial charge on any atom is -0.383 e. The van der Waals surface area contributed by atoms with Crippen LogP contribution in [0.1, 0.15) is 6.42 Å². The summed E-state index contributed by atoms with van der Waals surface area (Å²) >= 11 is 0. The molecular formula is C11H18N4O2. The summed E-state index contributed by atoms with van der Waals surface area (Å²) in [6.45, 7) is 2.16. The average Bonchev–Trinajstić information content (AvgIpc) is 2.89. The molecule has 0 aliphatic carbocycles. The summed E-state index contributed by atoms with van der Waals surface area (Å²) in [6, 6.07) is 1.74. The molecule has 1 atom stereocenters. The first kappa shape index (κ1) is 11.9. The van der Waals surface area contributed by atoms with Crippen molar-refractivity contribution < 1.29 is 9.53 Å². The second kappa shape index (κ2) is 5.18. The van der Waals surface area contributed by atoms with Crippen molar-refractivity contribution >= 4 is 11.7 Å². The van der Waals surface area contributed by atoms with Gasteiger partial charge in [0.15, 0.2) is 0 Å². The van der Waals surface area contributed by atoms with Crippen molar-refractivity contribution in [1.29, 1.82) is 0 Å². The van der Waals surface area contributed by atoms with Gasteiger partial charge in [-0.3, -0.25) is 9.48 Å². The number of carbonyl (C=O) groups is 1. The molecule has 6 nitrogen and oxygen atoms in total. The minimum atomic E-state index is -0.134. The fourth-order valence-corrected chi connectivity index (χ4v) is 1.88. The average molecular weight is 238 g/mol. The summed E-state index contributed by atoms with van der Waals surface area (Å²) in [5.74, 6) is 0.881. The van der Waals surface area contributed by atoms with Gasteiger partial charge in [0.25, 0.3) is 0 Å². The van der Waals surface area contributed by atoms with Crippen LogP contribution in [0.5, 0.6) is 0 Å². The Morgan fingerprint density at radius 2 is 2.47 bits per heavy atom. The molecule has 2 rings (SSSR count). The van der Waals surface area contributed by atoms with E-state index in [9.17, 15) is 4.79 Å². The number of aromatic nitrogens is 2. The number of likely N-dealkylation sites (N-methyl/N-ethyl adjacent to an activating group) is 1. The van der Waals surface area contributed by atoms with Gasteiger partial charge < -0.3 is 15.0 Å². The lowest BCUT2D eigenvalue weighted by atomic mass is 10.2. The maximum absolute atomic E-state index is 11.7. The van der Waals surface area contributed by atoms with Crippen molar-refractivity contribution in [3.05, 3.63) is 12.3 Å². The van der Waals surface area contributed by atoms with E-state index in [1.807, 2.05) is 19.3 Å². The van der Waals surface area contributed by atoms with Crippen LogP contribution in [-0.4, -0.2) is 53.9 Å². The van der Waals surface area contributed by atoms with Crippen LogP contribution in [0.15, 0.2) is 12.3 Å². The number of hydrogen-bond donors (Lipinski definition) is 1. The first-order valence-corrected chi connectivity index (χ1v) is 5.74. The summed E-state index contributed by atoms with van der Waals surface area (Å²) in [5, 5.41) is 7.48. The van der Waals surface area contributed by atoms with Gasteiger partial charge in [-0.25, -0.2) is 0 Å². The standard InChI is InChI=1S/C11H18N4O2/c1-14-5-3-9(11(14)16)12-10-4-6-15(13-10)7-8-17-2/h4,6,9H,3,5,7-8H2,1-2H3,(H,12,13)/t9-/m1/s1. The highest BCUT2D eigenvalue weighted by Gasteiger charge is 2.29. The number of methoxy groups -OCH3 is 1. The zero-order valence-corrected chi connectivity index (χ0v) is 10.2. The molecule has 0 unspecified atom stereocenters. The second-order valence-corrected chi connectivity index (χ2v) is 4.20. The van der Waals surface area contributed by atoms with Crippen LogP contribution in [0, 0.1) is 0 Å². The molecule has 1 amide bonds. The summed E-state index contributed by atoms with van der Waals surface area (Å²) in [5.41, 5.74) is 0. The van der Waals surface area contributed by atoms with Crippen molar-refractivity contribution in [2.24, 2.45) is 0 Å². The third-order valence-electron chi connectivity index (χ3n) is 2.91. The Hall–Kier alpha value is -1.56. The molecular weight excluding hydrogens is 220 g/mol. The SMILES string of the molecule is COCCn1ccc(N[C@@H]2CCN(C)C2=O)n1. The topological polar surface area (TPSA) is 59.4 Å². The van der Waals surface area contributed by atoms with Crippen LogP contribution in [0.4, 0.5) is 5.82 Å². The molecule has 1 aromatic rings. The number of likely N-dealkylation sites (tertiary alicyclic amines) is 1. The van der Waals surface area contributed by atoms with Crippen LogP contribution < -0.4 is 5.32 Å². The highest BCUT2D eigenvalue weighted by Crippen LogP contribution is 2.14. The fourth-order valence-electron chi connectivity index (χ4n) is 1.88. The van der Waals surface area contributed by atoms with E-state index in [-0.39, 0.29) is 11.9 Å². The van der Waals surface area contributed by atoms with Gasteiger partial charge in [-0.2, -0.15) is 5.10 Å². The van der Waals surface area contributed by atoms with E-state index in [1.165, 1.54) is 0 Å². The highest BCUT2D eigenvalue weighted by atomic mass is 16.5. The molecule has 1 fully saturated rings. The van der Waals surface area contributed by atoms with Gasteiger partial charge in [0.2, 0.25) is 5.91 Å². The first-order valence-electron chi connectivity index (χ1n) is 5.74. The van der Waals surface area contributed by atoms with Gasteiger partial charge in [0.1, 0.15) is 11.9 Å². The lowest BCUT2D eigenvalue weighted by molar-refractivity contribution is -0.127. The van der Waals surface area contributed by atoms with E-state index in [1.54, 1.807) is 16.7 Å². The predicted molar refractivity (Wildman–Crippen MR) is 63.8 cm³/mol. The molecule has 0 radical (unpaired) electrons. The molecule has 6 heteroatoms. The number of anilines is 1. The summed E-state index contributed by atoms with van der Waals surface area (Å²) in [4.78, 5) is 13.4. The molecule has 0 spiro atoms. The zero-order valence-electron chi connectivity index (χ0n) is 10.2. The number of carbonyl (C=O) groups excluding carboxylic acids is 1. The summed E-state index contributed by atoms with van der Waals surface area (Å²) in [7, 11) is 3.48. The molecule has 1 aliphatic heterocycles. The van der Waals surface area contributed by atoms with Crippen molar-refractivity contribution in [3.63, 3.8) is 0 Å². The van der Waals surface area contributed by atoms with Gasteiger partial charge in [-0.15, -0.1) is 0 Å². The Balaban J connectivity index is 1.90. The summed E-state index contributed by atoms with van der Waals surface area (Å²) in [6.07, 6.45) is 2.71. The quantitative estimate of drug-likeness (QED) is 0.794. The number of nitrogens with zero attached hydrogens (tertiary/aromatic N) is 3. The largest absolute Gasteiger partial charge is 0.383 e. The maximum Gasteiger partial charge on any atom is 0.244 e. The maximum atomic E-state index is 11.7. The fraction of sp³-hybridized carbons (Fsp3) is 0.636. The molecule has 94 valence electrons. The lowest BCUT2D eigenvalue weighted by Gasteiger charge is -2.11. The Morgan fingerprint density at radius 3 is 3.12 bits per heavy atom. The Kier molecular flexibility index (Phi) is 3.63. The van der Waals surface area contributed by atoms with Crippen LogP contribution in [-0.2, 0) is 16.1 Å². The van der Waals surface area contributed by atoms with Crippen molar-refractivity contribution in [2.45, 2.75) is 19.0 Å². The van der Waals surface area contributed by atoms with Gasteiger partial charge in [-0.1, -0.05) is 0 Å². The molecule has 1 aliphatic rings.